The highest BCUT2D eigenvalue weighted by molar-refractivity contribution is 5.92. The van der Waals surface area contributed by atoms with Gasteiger partial charge >= 0.3 is 0 Å². The molecule has 1 aliphatic rings. The van der Waals surface area contributed by atoms with Gasteiger partial charge in [0.15, 0.2) is 12.4 Å². The lowest BCUT2D eigenvalue weighted by molar-refractivity contribution is -0.119. The van der Waals surface area contributed by atoms with E-state index in [1.54, 1.807) is 6.07 Å². The molecule has 0 spiro atoms. The lowest BCUT2D eigenvalue weighted by atomic mass is 9.97. The van der Waals surface area contributed by atoms with Gasteiger partial charge in [0, 0.05) is 28.4 Å². The molecule has 7 heteroatoms. The number of nitrogens with zero attached hydrogens (tertiary/aromatic N) is 2. The highest BCUT2D eigenvalue weighted by Crippen LogP contribution is 2.32. The third kappa shape index (κ3) is 5.19. The molecule has 7 nitrogen and oxygen atoms in total. The molecule has 1 amide bonds. The number of nitrogens with two attached hydrogens (primary N) is 1. The number of para-hydroxylation sites is 1. The Balaban J connectivity index is 1.51. The molecule has 178 valence electrons. The average Bonchev–Trinajstić information content (AvgIpc) is 2.98. The highest BCUT2D eigenvalue weighted by atomic mass is 16.5. The SMILES string of the molecule is CC1Cc2cc(Nc3nc(-c4cccc(OCC(N)=O)c4)nc4ccccc34)ccc2NC(C)C1. The van der Waals surface area contributed by atoms with Gasteiger partial charge in [-0.15, -0.1) is 0 Å². The van der Waals surface area contributed by atoms with Crippen LogP contribution in [-0.4, -0.2) is 28.5 Å². The van der Waals surface area contributed by atoms with Crippen LogP contribution in [0.5, 0.6) is 5.75 Å². The summed E-state index contributed by atoms with van der Waals surface area (Å²) < 4.78 is 5.47. The van der Waals surface area contributed by atoms with Crippen LogP contribution in [0.15, 0.2) is 66.7 Å². The van der Waals surface area contributed by atoms with Crippen molar-refractivity contribution < 1.29 is 9.53 Å². The van der Waals surface area contributed by atoms with E-state index in [-0.39, 0.29) is 6.61 Å². The number of aromatic nitrogens is 2. The fourth-order valence-corrected chi connectivity index (χ4v) is 4.68. The molecule has 2 unspecified atom stereocenters. The molecule has 0 fully saturated rings. The molecule has 1 aromatic heterocycles. The van der Waals surface area contributed by atoms with Crippen LogP contribution in [0.3, 0.4) is 0 Å². The second kappa shape index (κ2) is 9.62. The Morgan fingerprint density at radius 3 is 2.80 bits per heavy atom. The predicted octanol–water partition coefficient (Wildman–Crippen LogP) is 5.29. The number of primary amides is 1. The summed E-state index contributed by atoms with van der Waals surface area (Å²) >= 11 is 0. The van der Waals surface area contributed by atoms with E-state index in [0.29, 0.717) is 23.5 Å². The first-order chi connectivity index (χ1) is 16.9. The number of benzene rings is 3. The Morgan fingerprint density at radius 2 is 1.94 bits per heavy atom. The van der Waals surface area contributed by atoms with Gasteiger partial charge in [-0.3, -0.25) is 4.79 Å². The van der Waals surface area contributed by atoms with Crippen LogP contribution >= 0.6 is 0 Å². The number of carbonyl (C=O) groups is 1. The van der Waals surface area contributed by atoms with Gasteiger partial charge in [0.2, 0.25) is 0 Å². The molecule has 3 aromatic carbocycles. The predicted molar refractivity (Wildman–Crippen MR) is 140 cm³/mol. The molecule has 2 atom stereocenters. The summed E-state index contributed by atoms with van der Waals surface area (Å²) in [6.07, 6.45) is 2.19. The lowest BCUT2D eigenvalue weighted by Crippen LogP contribution is -2.19. The topological polar surface area (TPSA) is 102 Å². The molecule has 4 aromatic rings. The van der Waals surface area contributed by atoms with Gasteiger partial charge in [-0.1, -0.05) is 31.2 Å². The minimum absolute atomic E-state index is 0.181. The number of ether oxygens (including phenoxy) is 1. The molecule has 2 heterocycles. The zero-order valence-electron chi connectivity index (χ0n) is 19.9. The molecule has 35 heavy (non-hydrogen) atoms. The number of fused-ring (bicyclic) bond motifs is 2. The van der Waals surface area contributed by atoms with E-state index in [0.717, 1.165) is 40.8 Å². The normalized spacial score (nSPS) is 17.2. The van der Waals surface area contributed by atoms with Crippen molar-refractivity contribution >= 4 is 34.0 Å². The van der Waals surface area contributed by atoms with Crippen molar-refractivity contribution in [3.8, 4) is 17.1 Å². The van der Waals surface area contributed by atoms with Gasteiger partial charge in [-0.2, -0.15) is 0 Å². The van der Waals surface area contributed by atoms with Crippen molar-refractivity contribution in [1.82, 2.24) is 9.97 Å². The van der Waals surface area contributed by atoms with Gasteiger partial charge in [-0.25, -0.2) is 9.97 Å². The molecule has 0 saturated heterocycles. The summed E-state index contributed by atoms with van der Waals surface area (Å²) in [5, 5.41) is 8.11. The molecule has 0 saturated carbocycles. The third-order valence-electron chi connectivity index (χ3n) is 6.17. The molecule has 0 aliphatic carbocycles. The van der Waals surface area contributed by atoms with E-state index in [4.69, 9.17) is 20.4 Å². The zero-order valence-corrected chi connectivity index (χ0v) is 19.9. The van der Waals surface area contributed by atoms with Crippen molar-refractivity contribution in [2.24, 2.45) is 11.7 Å². The summed E-state index contributed by atoms with van der Waals surface area (Å²) in [4.78, 5) is 20.7. The number of amides is 1. The fourth-order valence-electron chi connectivity index (χ4n) is 4.68. The Kier molecular flexibility index (Phi) is 6.23. The standard InChI is InChI=1S/C28H29N5O2/c1-17-12-18(2)30-24-11-10-21(14-20(24)13-17)31-28-23-8-3-4-9-25(23)32-27(33-28)19-6-5-7-22(15-19)35-16-26(29)34/h3-11,14-15,17-18,30H,12-13,16H2,1-2H3,(H2,29,34)(H,31,32,33). The number of anilines is 3. The first-order valence-electron chi connectivity index (χ1n) is 11.9. The Morgan fingerprint density at radius 1 is 1.09 bits per heavy atom. The van der Waals surface area contributed by atoms with Crippen LogP contribution in [0.2, 0.25) is 0 Å². The first kappa shape index (κ1) is 22.7. The molecular weight excluding hydrogens is 438 g/mol. The second-order valence-corrected chi connectivity index (χ2v) is 9.28. The number of hydrogen-bond donors (Lipinski definition) is 3. The van der Waals surface area contributed by atoms with Gasteiger partial charge in [0.1, 0.15) is 11.6 Å². The Bertz CT molecular complexity index is 1390. The summed E-state index contributed by atoms with van der Waals surface area (Å²) in [7, 11) is 0. The smallest absolute Gasteiger partial charge is 0.255 e. The van der Waals surface area contributed by atoms with Gasteiger partial charge in [0.25, 0.3) is 5.91 Å². The van der Waals surface area contributed by atoms with Crippen LogP contribution in [-0.2, 0) is 11.2 Å². The van der Waals surface area contributed by atoms with Crippen molar-refractivity contribution in [2.45, 2.75) is 32.7 Å². The van der Waals surface area contributed by atoms with Crippen LogP contribution in [0.4, 0.5) is 17.2 Å². The minimum Gasteiger partial charge on any atom is -0.484 e. The maximum absolute atomic E-state index is 11.1. The number of rotatable bonds is 6. The van der Waals surface area contributed by atoms with Gasteiger partial charge in [-0.05, 0) is 73.7 Å². The molecule has 1 aliphatic heterocycles. The molecule has 5 rings (SSSR count). The van der Waals surface area contributed by atoms with E-state index < -0.39 is 5.91 Å². The zero-order chi connectivity index (χ0) is 24.4. The number of nitrogens with one attached hydrogen (secondary N) is 2. The fraction of sp³-hybridized carbons (Fsp3) is 0.250. The van der Waals surface area contributed by atoms with Crippen LogP contribution in [0, 0.1) is 5.92 Å². The average molecular weight is 468 g/mol. The number of hydrogen-bond acceptors (Lipinski definition) is 6. The summed E-state index contributed by atoms with van der Waals surface area (Å²) in [5.41, 5.74) is 10.3. The maximum Gasteiger partial charge on any atom is 0.255 e. The highest BCUT2D eigenvalue weighted by Gasteiger charge is 2.18. The summed E-state index contributed by atoms with van der Waals surface area (Å²) in [6.45, 7) is 4.36. The lowest BCUT2D eigenvalue weighted by Gasteiger charge is -2.15. The van der Waals surface area contributed by atoms with E-state index in [2.05, 4.69) is 42.7 Å². The Labute approximate surface area is 204 Å². The van der Waals surface area contributed by atoms with Gasteiger partial charge in [0.05, 0.1) is 5.52 Å². The number of carbonyl (C=O) groups excluding carboxylic acids is 1. The molecule has 0 radical (unpaired) electrons. The Hall–Kier alpha value is -4.13. The maximum atomic E-state index is 11.1. The van der Waals surface area contributed by atoms with Crippen molar-refractivity contribution in [3.63, 3.8) is 0 Å². The van der Waals surface area contributed by atoms with E-state index in [1.807, 2.05) is 42.5 Å². The van der Waals surface area contributed by atoms with E-state index >= 15 is 0 Å². The minimum atomic E-state index is -0.524. The molecule has 4 N–H and O–H groups in total. The van der Waals surface area contributed by atoms with Crippen LogP contribution in [0.25, 0.3) is 22.3 Å². The van der Waals surface area contributed by atoms with Crippen molar-refractivity contribution in [2.75, 3.05) is 17.2 Å². The second-order valence-electron chi connectivity index (χ2n) is 9.28. The molecule has 0 bridgehead atoms. The largest absolute Gasteiger partial charge is 0.484 e. The monoisotopic (exact) mass is 467 g/mol. The summed E-state index contributed by atoms with van der Waals surface area (Å²) in [6, 6.07) is 22.2. The van der Waals surface area contributed by atoms with Gasteiger partial charge < -0.3 is 21.1 Å². The van der Waals surface area contributed by atoms with E-state index in [9.17, 15) is 4.79 Å². The third-order valence-corrected chi connectivity index (χ3v) is 6.17. The van der Waals surface area contributed by atoms with E-state index in [1.165, 1.54) is 11.3 Å². The first-order valence-corrected chi connectivity index (χ1v) is 11.9. The molecular formula is C28H29N5O2. The van der Waals surface area contributed by atoms with Crippen LogP contribution in [0.1, 0.15) is 25.8 Å². The summed E-state index contributed by atoms with van der Waals surface area (Å²) in [5.74, 6) is 1.92. The van der Waals surface area contributed by atoms with Crippen molar-refractivity contribution in [1.29, 1.82) is 0 Å². The van der Waals surface area contributed by atoms with Crippen LogP contribution < -0.4 is 21.1 Å². The quantitative estimate of drug-likeness (QED) is 0.356. The van der Waals surface area contributed by atoms with Crippen molar-refractivity contribution in [3.05, 3.63) is 72.3 Å².